The van der Waals surface area contributed by atoms with E-state index in [1.54, 1.807) is 12.1 Å². The molecule has 34 heavy (non-hydrogen) atoms. The third-order valence-corrected chi connectivity index (χ3v) is 9.30. The van der Waals surface area contributed by atoms with Crippen LogP contribution in [0.1, 0.15) is 48.4 Å². The Morgan fingerprint density at radius 3 is 2.35 bits per heavy atom. The Kier molecular flexibility index (Phi) is 6.29. The molecule has 182 valence electrons. The number of carbonyl (C=O) groups is 1. The first-order valence-corrected chi connectivity index (χ1v) is 13.6. The van der Waals surface area contributed by atoms with E-state index in [1.165, 1.54) is 4.31 Å². The van der Waals surface area contributed by atoms with Gasteiger partial charge < -0.3 is 14.4 Å². The summed E-state index contributed by atoms with van der Waals surface area (Å²) in [5.41, 5.74) is 3.11. The SMILES string of the molecule is Cc1ccc(S(=O)(=O)N2CCC(C(=O)N3CCC[C@@H]3c3ccc4c(c3)OCCO4)CC2)cc1C. The molecule has 0 aliphatic carbocycles. The lowest BCUT2D eigenvalue weighted by molar-refractivity contribution is -0.137. The summed E-state index contributed by atoms with van der Waals surface area (Å²) in [7, 11) is -3.55. The summed E-state index contributed by atoms with van der Waals surface area (Å²) in [4.78, 5) is 15.8. The Balaban J connectivity index is 1.26. The van der Waals surface area contributed by atoms with Crippen molar-refractivity contribution in [2.75, 3.05) is 32.8 Å². The van der Waals surface area contributed by atoms with Crippen molar-refractivity contribution in [1.82, 2.24) is 9.21 Å². The number of piperidine rings is 1. The van der Waals surface area contributed by atoms with Gasteiger partial charge in [0.15, 0.2) is 11.5 Å². The molecule has 2 saturated heterocycles. The molecule has 3 aliphatic heterocycles. The first-order chi connectivity index (χ1) is 16.3. The van der Waals surface area contributed by atoms with Crippen LogP contribution in [0.3, 0.4) is 0 Å². The van der Waals surface area contributed by atoms with Crippen molar-refractivity contribution < 1.29 is 22.7 Å². The second kappa shape index (κ2) is 9.23. The molecule has 3 aliphatic rings. The monoisotopic (exact) mass is 484 g/mol. The summed E-state index contributed by atoms with van der Waals surface area (Å²) >= 11 is 0. The van der Waals surface area contributed by atoms with Gasteiger partial charge in [-0.05, 0) is 80.5 Å². The molecule has 0 aromatic heterocycles. The standard InChI is InChI=1S/C26H32N2O5S/c1-18-5-7-22(16-19(18)2)34(30,31)27-12-9-20(10-13-27)26(29)28-11-3-4-23(28)21-6-8-24-25(17-21)33-15-14-32-24/h5-8,16-17,20,23H,3-4,9-15H2,1-2H3/t23-/m1/s1. The van der Waals surface area contributed by atoms with Crippen LogP contribution in [0.2, 0.25) is 0 Å². The maximum Gasteiger partial charge on any atom is 0.243 e. The van der Waals surface area contributed by atoms with Gasteiger partial charge in [0, 0.05) is 25.6 Å². The Bertz CT molecular complexity index is 1190. The van der Waals surface area contributed by atoms with Crippen LogP contribution in [-0.2, 0) is 14.8 Å². The normalized spacial score (nSPS) is 21.6. The molecule has 0 radical (unpaired) electrons. The number of rotatable bonds is 4. The van der Waals surface area contributed by atoms with Crippen LogP contribution in [0.4, 0.5) is 0 Å². The average molecular weight is 485 g/mol. The van der Waals surface area contributed by atoms with Gasteiger partial charge in [0.25, 0.3) is 0 Å². The molecule has 1 amide bonds. The van der Waals surface area contributed by atoms with Gasteiger partial charge in [0.1, 0.15) is 13.2 Å². The lowest BCUT2D eigenvalue weighted by Gasteiger charge is -2.34. The van der Waals surface area contributed by atoms with Gasteiger partial charge in [0.05, 0.1) is 10.9 Å². The lowest BCUT2D eigenvalue weighted by Crippen LogP contribution is -2.44. The number of amides is 1. The van der Waals surface area contributed by atoms with Gasteiger partial charge in [0.2, 0.25) is 15.9 Å². The quantitative estimate of drug-likeness (QED) is 0.659. The number of carbonyl (C=O) groups excluding carboxylic acids is 1. The van der Waals surface area contributed by atoms with Crippen LogP contribution in [0.25, 0.3) is 0 Å². The van der Waals surface area contributed by atoms with Gasteiger partial charge in [-0.2, -0.15) is 4.31 Å². The fourth-order valence-electron chi connectivity index (χ4n) is 5.25. The molecule has 8 heteroatoms. The van der Waals surface area contributed by atoms with Crippen LogP contribution < -0.4 is 9.47 Å². The predicted molar refractivity (Wildman–Crippen MR) is 129 cm³/mol. The number of hydrogen-bond donors (Lipinski definition) is 0. The van der Waals surface area contributed by atoms with Crippen LogP contribution >= 0.6 is 0 Å². The van der Waals surface area contributed by atoms with Crippen molar-refractivity contribution in [3.05, 3.63) is 53.1 Å². The third kappa shape index (κ3) is 4.29. The molecule has 1 atom stereocenters. The summed E-state index contributed by atoms with van der Waals surface area (Å²) in [5.74, 6) is 1.49. The topological polar surface area (TPSA) is 76.2 Å². The molecular weight excluding hydrogens is 452 g/mol. The van der Waals surface area contributed by atoms with Crippen molar-refractivity contribution in [3.8, 4) is 11.5 Å². The molecule has 0 unspecified atom stereocenters. The zero-order valence-corrected chi connectivity index (χ0v) is 20.6. The summed E-state index contributed by atoms with van der Waals surface area (Å²) < 4.78 is 39.2. The van der Waals surface area contributed by atoms with E-state index in [9.17, 15) is 13.2 Å². The van der Waals surface area contributed by atoms with Crippen molar-refractivity contribution in [3.63, 3.8) is 0 Å². The molecule has 5 rings (SSSR count). The van der Waals surface area contributed by atoms with Crippen molar-refractivity contribution in [2.45, 2.75) is 50.5 Å². The molecular formula is C26H32N2O5S. The Morgan fingerprint density at radius 2 is 1.62 bits per heavy atom. The molecule has 2 aromatic carbocycles. The van der Waals surface area contributed by atoms with Gasteiger partial charge in [-0.25, -0.2) is 8.42 Å². The van der Waals surface area contributed by atoms with Gasteiger partial charge in [-0.15, -0.1) is 0 Å². The average Bonchev–Trinajstić information content (AvgIpc) is 3.35. The Morgan fingerprint density at radius 1 is 0.882 bits per heavy atom. The molecule has 3 heterocycles. The minimum Gasteiger partial charge on any atom is -0.486 e. The van der Waals surface area contributed by atoms with E-state index in [-0.39, 0.29) is 17.9 Å². The molecule has 0 spiro atoms. The molecule has 2 fully saturated rings. The minimum absolute atomic E-state index is 0.0284. The summed E-state index contributed by atoms with van der Waals surface area (Å²) in [6, 6.07) is 11.3. The molecule has 7 nitrogen and oxygen atoms in total. The lowest BCUT2D eigenvalue weighted by atomic mass is 9.95. The van der Waals surface area contributed by atoms with Crippen LogP contribution in [-0.4, -0.2) is 56.4 Å². The summed E-state index contributed by atoms with van der Waals surface area (Å²) in [6.07, 6.45) is 2.98. The number of sulfonamides is 1. The van der Waals surface area contributed by atoms with Crippen molar-refractivity contribution in [2.24, 2.45) is 5.92 Å². The Labute approximate surface area is 201 Å². The minimum atomic E-state index is -3.55. The maximum absolute atomic E-state index is 13.5. The van der Waals surface area contributed by atoms with Crippen molar-refractivity contribution in [1.29, 1.82) is 0 Å². The molecule has 2 aromatic rings. The number of ether oxygens (including phenoxy) is 2. The predicted octanol–water partition coefficient (Wildman–Crippen LogP) is 3.84. The fraction of sp³-hybridized carbons (Fsp3) is 0.500. The molecule has 0 bridgehead atoms. The second-order valence-electron chi connectivity index (χ2n) is 9.52. The van der Waals surface area contributed by atoms with E-state index >= 15 is 0 Å². The van der Waals surface area contributed by atoms with E-state index < -0.39 is 10.0 Å². The molecule has 0 N–H and O–H groups in total. The zero-order chi connectivity index (χ0) is 23.9. The number of fused-ring (bicyclic) bond motifs is 1. The first kappa shape index (κ1) is 23.2. The maximum atomic E-state index is 13.5. The number of nitrogens with zero attached hydrogens (tertiary/aromatic N) is 2. The van der Waals surface area contributed by atoms with Gasteiger partial charge in [-0.3, -0.25) is 4.79 Å². The zero-order valence-electron chi connectivity index (χ0n) is 19.8. The second-order valence-corrected chi connectivity index (χ2v) is 11.5. The fourth-order valence-corrected chi connectivity index (χ4v) is 6.80. The highest BCUT2D eigenvalue weighted by Gasteiger charge is 2.38. The van der Waals surface area contributed by atoms with Crippen LogP contribution in [0, 0.1) is 19.8 Å². The van der Waals surface area contributed by atoms with E-state index in [0.29, 0.717) is 44.0 Å². The first-order valence-electron chi connectivity index (χ1n) is 12.1. The number of aryl methyl sites for hydroxylation is 2. The van der Waals surface area contributed by atoms with E-state index in [2.05, 4.69) is 0 Å². The highest BCUT2D eigenvalue weighted by Crippen LogP contribution is 2.39. The smallest absolute Gasteiger partial charge is 0.243 e. The highest BCUT2D eigenvalue weighted by molar-refractivity contribution is 7.89. The third-order valence-electron chi connectivity index (χ3n) is 7.41. The van der Waals surface area contributed by atoms with Crippen molar-refractivity contribution >= 4 is 15.9 Å². The largest absolute Gasteiger partial charge is 0.486 e. The summed E-state index contributed by atoms with van der Waals surface area (Å²) in [5, 5.41) is 0. The highest BCUT2D eigenvalue weighted by atomic mass is 32.2. The van der Waals surface area contributed by atoms with E-state index in [4.69, 9.17) is 9.47 Å². The Hall–Kier alpha value is -2.58. The van der Waals surface area contributed by atoms with Crippen LogP contribution in [0.15, 0.2) is 41.3 Å². The van der Waals surface area contributed by atoms with E-state index in [1.807, 2.05) is 43.0 Å². The number of likely N-dealkylation sites (tertiary alicyclic amines) is 1. The number of hydrogen-bond acceptors (Lipinski definition) is 5. The van der Waals surface area contributed by atoms with E-state index in [0.717, 1.165) is 47.6 Å². The van der Waals surface area contributed by atoms with Gasteiger partial charge in [-0.1, -0.05) is 12.1 Å². The number of benzene rings is 2. The molecule has 0 saturated carbocycles. The van der Waals surface area contributed by atoms with Crippen LogP contribution in [0.5, 0.6) is 11.5 Å². The van der Waals surface area contributed by atoms with Gasteiger partial charge >= 0.3 is 0 Å². The summed E-state index contributed by atoms with van der Waals surface area (Å²) in [6.45, 7) is 6.46.